The van der Waals surface area contributed by atoms with Gasteiger partial charge >= 0.3 is 0 Å². The average Bonchev–Trinajstić information content (AvgIpc) is 2.61. The molecule has 4 nitrogen and oxygen atoms in total. The SMILES string of the molecule is CC1CNCCN1Cc1cnns1. The summed E-state index contributed by atoms with van der Waals surface area (Å²) in [6.07, 6.45) is 1.86. The third kappa shape index (κ3) is 2.24. The van der Waals surface area contributed by atoms with Crippen LogP contribution >= 0.6 is 11.5 Å². The highest BCUT2D eigenvalue weighted by Gasteiger charge is 2.18. The zero-order valence-corrected chi connectivity index (χ0v) is 8.55. The minimum atomic E-state index is 0.621. The van der Waals surface area contributed by atoms with Crippen molar-refractivity contribution in [3.63, 3.8) is 0 Å². The van der Waals surface area contributed by atoms with Crippen LogP contribution in [0.4, 0.5) is 0 Å². The monoisotopic (exact) mass is 198 g/mol. The number of hydrogen-bond donors (Lipinski definition) is 1. The smallest absolute Gasteiger partial charge is 0.0666 e. The van der Waals surface area contributed by atoms with Crippen LogP contribution < -0.4 is 5.32 Å². The number of hydrogen-bond acceptors (Lipinski definition) is 5. The van der Waals surface area contributed by atoms with E-state index in [4.69, 9.17) is 0 Å². The van der Waals surface area contributed by atoms with E-state index in [1.807, 2.05) is 6.20 Å². The van der Waals surface area contributed by atoms with Gasteiger partial charge in [-0.15, -0.1) is 5.10 Å². The van der Waals surface area contributed by atoms with Gasteiger partial charge in [-0.25, -0.2) is 0 Å². The van der Waals surface area contributed by atoms with Crippen LogP contribution in [0.3, 0.4) is 0 Å². The van der Waals surface area contributed by atoms with Crippen LogP contribution in [-0.4, -0.2) is 40.2 Å². The summed E-state index contributed by atoms with van der Waals surface area (Å²) < 4.78 is 3.86. The van der Waals surface area contributed by atoms with Gasteiger partial charge in [0.15, 0.2) is 0 Å². The Kier molecular flexibility index (Phi) is 2.87. The lowest BCUT2D eigenvalue weighted by Crippen LogP contribution is -2.49. The summed E-state index contributed by atoms with van der Waals surface area (Å²) in [4.78, 5) is 3.72. The van der Waals surface area contributed by atoms with E-state index in [1.165, 1.54) is 16.4 Å². The molecule has 0 bridgehead atoms. The summed E-state index contributed by atoms with van der Waals surface area (Å²) in [6, 6.07) is 0.621. The van der Waals surface area contributed by atoms with Crippen molar-refractivity contribution in [3.8, 4) is 0 Å². The molecule has 1 N–H and O–H groups in total. The zero-order valence-electron chi connectivity index (χ0n) is 7.73. The van der Waals surface area contributed by atoms with E-state index in [0.29, 0.717) is 6.04 Å². The van der Waals surface area contributed by atoms with E-state index in [9.17, 15) is 0 Å². The third-order valence-corrected chi connectivity index (χ3v) is 3.05. The normalized spacial score (nSPS) is 24.8. The Morgan fingerprint density at radius 1 is 1.77 bits per heavy atom. The number of nitrogens with one attached hydrogen (secondary N) is 1. The van der Waals surface area contributed by atoms with E-state index >= 15 is 0 Å². The average molecular weight is 198 g/mol. The number of rotatable bonds is 2. The fourth-order valence-electron chi connectivity index (χ4n) is 1.58. The maximum Gasteiger partial charge on any atom is 0.0666 e. The van der Waals surface area contributed by atoms with E-state index < -0.39 is 0 Å². The number of aromatic nitrogens is 2. The first-order chi connectivity index (χ1) is 6.36. The molecule has 1 fully saturated rings. The molecule has 13 heavy (non-hydrogen) atoms. The number of piperazine rings is 1. The summed E-state index contributed by atoms with van der Waals surface area (Å²) in [7, 11) is 0. The molecule has 0 spiro atoms. The molecular formula is C8H14N4S. The van der Waals surface area contributed by atoms with Crippen LogP contribution in [0, 0.1) is 0 Å². The van der Waals surface area contributed by atoms with E-state index in [2.05, 4.69) is 26.7 Å². The molecule has 1 aromatic heterocycles. The molecule has 2 rings (SSSR count). The molecule has 0 saturated carbocycles. The largest absolute Gasteiger partial charge is 0.314 e. The summed E-state index contributed by atoms with van der Waals surface area (Å²) in [6.45, 7) is 6.56. The van der Waals surface area contributed by atoms with E-state index in [1.54, 1.807) is 0 Å². The lowest BCUT2D eigenvalue weighted by molar-refractivity contribution is 0.167. The summed E-state index contributed by atoms with van der Waals surface area (Å²) in [5.74, 6) is 0. The minimum Gasteiger partial charge on any atom is -0.314 e. The van der Waals surface area contributed by atoms with E-state index in [0.717, 1.165) is 26.2 Å². The van der Waals surface area contributed by atoms with Gasteiger partial charge in [-0.05, 0) is 18.5 Å². The van der Waals surface area contributed by atoms with Gasteiger partial charge in [0.25, 0.3) is 0 Å². The van der Waals surface area contributed by atoms with Crippen molar-refractivity contribution in [2.75, 3.05) is 19.6 Å². The molecule has 5 heteroatoms. The van der Waals surface area contributed by atoms with Crippen molar-refractivity contribution in [2.24, 2.45) is 0 Å². The van der Waals surface area contributed by atoms with Crippen LogP contribution in [-0.2, 0) is 6.54 Å². The van der Waals surface area contributed by atoms with Crippen molar-refractivity contribution in [2.45, 2.75) is 19.5 Å². The fourth-order valence-corrected chi connectivity index (χ4v) is 2.09. The van der Waals surface area contributed by atoms with Crippen LogP contribution in [0.2, 0.25) is 0 Å². The lowest BCUT2D eigenvalue weighted by Gasteiger charge is -2.33. The quantitative estimate of drug-likeness (QED) is 0.743. The maximum absolute atomic E-state index is 3.86. The maximum atomic E-state index is 3.86. The molecule has 0 aliphatic carbocycles. The van der Waals surface area contributed by atoms with Crippen molar-refractivity contribution >= 4 is 11.5 Å². The molecule has 72 valence electrons. The van der Waals surface area contributed by atoms with Gasteiger partial charge in [-0.2, -0.15) is 0 Å². The first-order valence-corrected chi connectivity index (χ1v) is 5.34. The van der Waals surface area contributed by atoms with Crippen molar-refractivity contribution in [3.05, 3.63) is 11.1 Å². The second-order valence-corrected chi connectivity index (χ2v) is 4.28. The topological polar surface area (TPSA) is 41.0 Å². The molecular weight excluding hydrogens is 184 g/mol. The molecule has 0 amide bonds. The second kappa shape index (κ2) is 4.13. The number of nitrogens with zero attached hydrogens (tertiary/aromatic N) is 3. The van der Waals surface area contributed by atoms with Gasteiger partial charge in [0.05, 0.1) is 11.1 Å². The van der Waals surface area contributed by atoms with Crippen molar-refractivity contribution in [1.82, 2.24) is 19.8 Å². The highest BCUT2D eigenvalue weighted by atomic mass is 32.1. The highest BCUT2D eigenvalue weighted by Crippen LogP contribution is 2.11. The van der Waals surface area contributed by atoms with Crippen molar-refractivity contribution in [1.29, 1.82) is 0 Å². The Hall–Kier alpha value is -0.520. The fraction of sp³-hybridized carbons (Fsp3) is 0.750. The first-order valence-electron chi connectivity index (χ1n) is 4.57. The third-order valence-electron chi connectivity index (χ3n) is 2.40. The van der Waals surface area contributed by atoms with E-state index in [-0.39, 0.29) is 0 Å². The van der Waals surface area contributed by atoms with Crippen LogP contribution in [0.15, 0.2) is 6.20 Å². The van der Waals surface area contributed by atoms with Crippen LogP contribution in [0.25, 0.3) is 0 Å². The minimum absolute atomic E-state index is 0.621. The zero-order chi connectivity index (χ0) is 9.10. The van der Waals surface area contributed by atoms with Gasteiger partial charge in [0.1, 0.15) is 0 Å². The summed E-state index contributed by atoms with van der Waals surface area (Å²) in [5.41, 5.74) is 0. The van der Waals surface area contributed by atoms with Gasteiger partial charge in [0, 0.05) is 32.2 Å². The molecule has 1 aromatic rings. The van der Waals surface area contributed by atoms with Gasteiger partial charge < -0.3 is 5.32 Å². The second-order valence-electron chi connectivity index (χ2n) is 3.41. The molecule has 1 aliphatic rings. The Morgan fingerprint density at radius 3 is 3.38 bits per heavy atom. The van der Waals surface area contributed by atoms with Crippen molar-refractivity contribution < 1.29 is 0 Å². The predicted molar refractivity (Wildman–Crippen MR) is 52.7 cm³/mol. The Morgan fingerprint density at radius 2 is 2.69 bits per heavy atom. The van der Waals surface area contributed by atoms with Crippen LogP contribution in [0.5, 0.6) is 0 Å². The Labute approximate surface area is 82.1 Å². The van der Waals surface area contributed by atoms with Gasteiger partial charge in [0.2, 0.25) is 0 Å². The van der Waals surface area contributed by atoms with Crippen LogP contribution in [0.1, 0.15) is 11.8 Å². The molecule has 1 atom stereocenters. The lowest BCUT2D eigenvalue weighted by atomic mass is 10.2. The molecule has 1 saturated heterocycles. The first kappa shape index (κ1) is 9.05. The summed E-state index contributed by atoms with van der Waals surface area (Å²) in [5, 5.41) is 7.21. The predicted octanol–water partition coefficient (Wildman–Crippen LogP) is 0.332. The summed E-state index contributed by atoms with van der Waals surface area (Å²) >= 11 is 1.50. The molecule has 1 aliphatic heterocycles. The van der Waals surface area contributed by atoms with Gasteiger partial charge in [-0.1, -0.05) is 4.49 Å². The molecule has 2 heterocycles. The standard InChI is InChI=1S/C8H14N4S/c1-7-4-9-2-3-12(7)6-8-5-10-11-13-8/h5,7,9H,2-4,6H2,1H3. The Balaban J connectivity index is 1.93. The Bertz CT molecular complexity index is 249. The highest BCUT2D eigenvalue weighted by molar-refractivity contribution is 7.05. The molecule has 1 unspecified atom stereocenters. The molecule has 0 aromatic carbocycles. The molecule has 0 radical (unpaired) electrons. The van der Waals surface area contributed by atoms with Gasteiger partial charge in [-0.3, -0.25) is 4.90 Å².